The minimum atomic E-state index is -3.71. The molecule has 0 spiro atoms. The summed E-state index contributed by atoms with van der Waals surface area (Å²) in [5, 5.41) is 2.84. The molecule has 26 heavy (non-hydrogen) atoms. The van der Waals surface area contributed by atoms with Crippen molar-refractivity contribution in [3.63, 3.8) is 0 Å². The van der Waals surface area contributed by atoms with Crippen LogP contribution in [0.2, 0.25) is 0 Å². The molecular weight excluding hydrogens is 352 g/mol. The number of rotatable bonds is 9. The van der Waals surface area contributed by atoms with Crippen LogP contribution in [0.15, 0.2) is 53.7 Å². The van der Waals surface area contributed by atoms with Gasteiger partial charge in [-0.15, -0.1) is 0 Å². The first-order valence-corrected chi connectivity index (χ1v) is 9.98. The minimum absolute atomic E-state index is 0.0917. The van der Waals surface area contributed by atoms with Gasteiger partial charge in [0.05, 0.1) is 10.6 Å². The lowest BCUT2D eigenvalue weighted by atomic mass is 10.2. The fourth-order valence-electron chi connectivity index (χ4n) is 2.39. The molecule has 1 heterocycles. The van der Waals surface area contributed by atoms with E-state index in [0.29, 0.717) is 17.8 Å². The zero-order valence-corrected chi connectivity index (χ0v) is 15.8. The maximum Gasteiger partial charge on any atom is 0.261 e. The smallest absolute Gasteiger partial charge is 0.261 e. The van der Waals surface area contributed by atoms with E-state index in [4.69, 9.17) is 0 Å². The summed E-state index contributed by atoms with van der Waals surface area (Å²) < 4.78 is 27.2. The Labute approximate surface area is 154 Å². The summed E-state index contributed by atoms with van der Waals surface area (Å²) in [6.07, 6.45) is 3.01. The average Bonchev–Trinajstić information content (AvgIpc) is 2.65. The second-order valence-corrected chi connectivity index (χ2v) is 7.33. The number of nitrogens with zero attached hydrogens (tertiary/aromatic N) is 2. The van der Waals surface area contributed by atoms with Gasteiger partial charge in [-0.25, -0.2) is 8.42 Å². The van der Waals surface area contributed by atoms with Crippen LogP contribution in [0.1, 0.15) is 24.2 Å². The number of nitrogens with one attached hydrogen (secondary N) is 2. The first-order valence-electron chi connectivity index (χ1n) is 8.49. The third kappa shape index (κ3) is 5.53. The lowest BCUT2D eigenvalue weighted by molar-refractivity contribution is 0.0949. The number of carbonyl (C=O) groups excluding carboxylic acids is 1. The summed E-state index contributed by atoms with van der Waals surface area (Å²) in [7, 11) is -3.71. The molecule has 2 rings (SSSR count). The predicted octanol–water partition coefficient (Wildman–Crippen LogP) is 1.95. The van der Waals surface area contributed by atoms with E-state index in [1.807, 2.05) is 0 Å². The molecule has 0 aliphatic heterocycles. The van der Waals surface area contributed by atoms with Crippen molar-refractivity contribution in [2.75, 3.05) is 30.9 Å². The molecule has 1 amide bonds. The number of sulfonamides is 1. The minimum Gasteiger partial charge on any atom is -0.351 e. The lowest BCUT2D eigenvalue weighted by Gasteiger charge is -2.18. The highest BCUT2D eigenvalue weighted by Gasteiger charge is 2.15. The maximum absolute atomic E-state index is 12.4. The molecular formula is C18H24N4O3S. The van der Waals surface area contributed by atoms with Crippen molar-refractivity contribution in [1.29, 1.82) is 0 Å². The van der Waals surface area contributed by atoms with Gasteiger partial charge in [0.2, 0.25) is 0 Å². The Morgan fingerprint density at radius 3 is 2.23 bits per heavy atom. The van der Waals surface area contributed by atoms with Gasteiger partial charge in [0.1, 0.15) is 0 Å². The lowest BCUT2D eigenvalue weighted by Crippen LogP contribution is -2.34. The van der Waals surface area contributed by atoms with Gasteiger partial charge >= 0.3 is 0 Å². The summed E-state index contributed by atoms with van der Waals surface area (Å²) >= 11 is 0. The number of likely N-dealkylation sites (N-methyl/N-ethyl adjacent to an activating group) is 1. The second-order valence-electron chi connectivity index (χ2n) is 5.65. The van der Waals surface area contributed by atoms with Crippen molar-refractivity contribution in [2.45, 2.75) is 18.7 Å². The van der Waals surface area contributed by atoms with Crippen LogP contribution in [-0.4, -0.2) is 50.4 Å². The van der Waals surface area contributed by atoms with Crippen molar-refractivity contribution >= 4 is 21.6 Å². The Morgan fingerprint density at radius 1 is 1.04 bits per heavy atom. The summed E-state index contributed by atoms with van der Waals surface area (Å²) in [5.41, 5.74) is 0.852. The van der Waals surface area contributed by atoms with E-state index in [0.717, 1.165) is 19.6 Å². The van der Waals surface area contributed by atoms with Crippen LogP contribution in [0.3, 0.4) is 0 Å². The number of hydrogen-bond acceptors (Lipinski definition) is 5. The zero-order valence-electron chi connectivity index (χ0n) is 15.0. The third-order valence-electron chi connectivity index (χ3n) is 3.97. The molecule has 1 aromatic heterocycles. The van der Waals surface area contributed by atoms with Gasteiger partial charge in [-0.3, -0.25) is 14.5 Å². The summed E-state index contributed by atoms with van der Waals surface area (Å²) in [6, 6.07) is 8.98. The molecule has 8 heteroatoms. The molecule has 0 unspecified atom stereocenters. The van der Waals surface area contributed by atoms with E-state index in [9.17, 15) is 13.2 Å². The highest BCUT2D eigenvalue weighted by molar-refractivity contribution is 7.92. The van der Waals surface area contributed by atoms with Gasteiger partial charge in [0.25, 0.3) is 15.9 Å². The summed E-state index contributed by atoms with van der Waals surface area (Å²) in [4.78, 5) is 18.3. The van der Waals surface area contributed by atoms with Gasteiger partial charge in [-0.1, -0.05) is 13.8 Å². The molecule has 2 N–H and O–H groups in total. The highest BCUT2D eigenvalue weighted by atomic mass is 32.2. The van der Waals surface area contributed by atoms with E-state index in [2.05, 4.69) is 33.8 Å². The quantitative estimate of drug-likeness (QED) is 0.698. The van der Waals surface area contributed by atoms with Crippen molar-refractivity contribution in [3.05, 3.63) is 54.4 Å². The average molecular weight is 376 g/mol. The van der Waals surface area contributed by atoms with Crippen LogP contribution in [0.25, 0.3) is 0 Å². The van der Waals surface area contributed by atoms with Gasteiger partial charge in [0.15, 0.2) is 0 Å². The molecule has 0 radical (unpaired) electrons. The topological polar surface area (TPSA) is 91.4 Å². The number of anilines is 1. The molecule has 0 fully saturated rings. The van der Waals surface area contributed by atoms with Crippen molar-refractivity contribution in [3.8, 4) is 0 Å². The standard InChI is InChI=1S/C18H24N4O3S/c1-3-22(4-2)14-13-20-18(23)15-5-7-17(8-6-15)26(24,25)21-16-9-11-19-12-10-16/h5-12H,3-4,13-14H2,1-2H3,(H,19,21)(H,20,23). The fraction of sp³-hybridized carbons (Fsp3) is 0.333. The SMILES string of the molecule is CCN(CC)CCNC(=O)c1ccc(S(=O)(=O)Nc2ccncc2)cc1. The van der Waals surface area contributed by atoms with Gasteiger partial charge in [0, 0.05) is 31.0 Å². The fourth-order valence-corrected chi connectivity index (χ4v) is 3.45. The zero-order chi connectivity index (χ0) is 19.0. The molecule has 0 saturated carbocycles. The predicted molar refractivity (Wildman–Crippen MR) is 102 cm³/mol. The molecule has 0 aliphatic carbocycles. The van der Waals surface area contributed by atoms with Crippen LogP contribution in [0.4, 0.5) is 5.69 Å². The van der Waals surface area contributed by atoms with E-state index in [1.165, 1.54) is 36.7 Å². The molecule has 0 aliphatic rings. The van der Waals surface area contributed by atoms with Crippen LogP contribution >= 0.6 is 0 Å². The van der Waals surface area contributed by atoms with Crippen molar-refractivity contribution in [2.24, 2.45) is 0 Å². The third-order valence-corrected chi connectivity index (χ3v) is 5.36. The Morgan fingerprint density at radius 2 is 1.65 bits per heavy atom. The number of amides is 1. The van der Waals surface area contributed by atoms with Crippen molar-refractivity contribution < 1.29 is 13.2 Å². The van der Waals surface area contributed by atoms with Gasteiger partial charge < -0.3 is 10.2 Å². The maximum atomic E-state index is 12.4. The number of aromatic nitrogens is 1. The molecule has 140 valence electrons. The number of pyridine rings is 1. The largest absolute Gasteiger partial charge is 0.351 e. The van der Waals surface area contributed by atoms with E-state index in [1.54, 1.807) is 12.1 Å². The molecule has 0 bridgehead atoms. The van der Waals surface area contributed by atoms with Crippen LogP contribution in [-0.2, 0) is 10.0 Å². The first-order chi connectivity index (χ1) is 12.5. The molecule has 0 saturated heterocycles. The number of carbonyl (C=O) groups is 1. The van der Waals surface area contributed by atoms with Gasteiger partial charge in [-0.2, -0.15) is 0 Å². The first kappa shape index (κ1) is 19.9. The Balaban J connectivity index is 1.97. The van der Waals surface area contributed by atoms with E-state index >= 15 is 0 Å². The van der Waals surface area contributed by atoms with Crippen LogP contribution < -0.4 is 10.0 Å². The summed E-state index contributed by atoms with van der Waals surface area (Å²) in [6.45, 7) is 7.34. The Kier molecular flexibility index (Phi) is 7.11. The van der Waals surface area contributed by atoms with E-state index in [-0.39, 0.29) is 10.8 Å². The van der Waals surface area contributed by atoms with Gasteiger partial charge in [-0.05, 0) is 49.5 Å². The Hall–Kier alpha value is -2.45. The number of benzene rings is 1. The normalized spacial score (nSPS) is 11.3. The molecule has 1 aromatic carbocycles. The Bertz CT molecular complexity index is 804. The monoisotopic (exact) mass is 376 g/mol. The number of hydrogen-bond donors (Lipinski definition) is 2. The van der Waals surface area contributed by atoms with Crippen LogP contribution in [0.5, 0.6) is 0 Å². The van der Waals surface area contributed by atoms with Crippen molar-refractivity contribution in [1.82, 2.24) is 15.2 Å². The van der Waals surface area contributed by atoms with E-state index < -0.39 is 10.0 Å². The highest BCUT2D eigenvalue weighted by Crippen LogP contribution is 2.15. The molecule has 0 atom stereocenters. The molecule has 2 aromatic rings. The summed E-state index contributed by atoms with van der Waals surface area (Å²) in [5.74, 6) is -0.219. The molecule has 7 nitrogen and oxygen atoms in total. The van der Waals surface area contributed by atoms with Crippen LogP contribution in [0, 0.1) is 0 Å². The second kappa shape index (κ2) is 9.30.